The maximum absolute atomic E-state index is 11.9. The molecule has 0 fully saturated rings. The maximum atomic E-state index is 11.9. The molecule has 1 amide bonds. The van der Waals surface area contributed by atoms with Crippen molar-refractivity contribution in [2.45, 2.75) is 13.3 Å². The van der Waals surface area contributed by atoms with E-state index in [0.717, 1.165) is 24.0 Å². The summed E-state index contributed by atoms with van der Waals surface area (Å²) in [6, 6.07) is 12.5. The van der Waals surface area contributed by atoms with Crippen molar-refractivity contribution in [1.29, 1.82) is 0 Å². The number of aromatic amines is 1. The fraction of sp³-hybridized carbons (Fsp3) is 0.167. The summed E-state index contributed by atoms with van der Waals surface area (Å²) in [4.78, 5) is 15.1. The van der Waals surface area contributed by atoms with Crippen molar-refractivity contribution in [3.05, 3.63) is 59.3 Å². The third-order valence-electron chi connectivity index (χ3n) is 4.37. The Hall–Kier alpha value is -2.55. The molecule has 3 aromatic rings. The van der Waals surface area contributed by atoms with Gasteiger partial charge in [-0.2, -0.15) is 0 Å². The molecule has 0 radical (unpaired) electrons. The van der Waals surface area contributed by atoms with Crippen LogP contribution in [0.15, 0.2) is 42.6 Å². The SMILES string of the molecule is Cc1c(-c2ccc3[nH]ccc3c2)ccc2c1CCNC2=O. The highest BCUT2D eigenvalue weighted by Crippen LogP contribution is 2.31. The summed E-state index contributed by atoms with van der Waals surface area (Å²) < 4.78 is 0. The second-order valence-electron chi connectivity index (χ2n) is 5.55. The molecule has 1 aliphatic heterocycles. The van der Waals surface area contributed by atoms with Crippen molar-refractivity contribution < 1.29 is 4.79 Å². The number of carbonyl (C=O) groups excluding carboxylic acids is 1. The van der Waals surface area contributed by atoms with Crippen molar-refractivity contribution in [2.75, 3.05) is 6.54 Å². The molecule has 0 spiro atoms. The van der Waals surface area contributed by atoms with E-state index in [-0.39, 0.29) is 5.91 Å². The highest BCUT2D eigenvalue weighted by molar-refractivity contribution is 5.98. The number of amides is 1. The van der Waals surface area contributed by atoms with Gasteiger partial charge in [0.15, 0.2) is 0 Å². The fourth-order valence-corrected chi connectivity index (χ4v) is 3.22. The molecular weight excluding hydrogens is 260 g/mol. The third kappa shape index (κ3) is 1.85. The van der Waals surface area contributed by atoms with Crippen molar-refractivity contribution in [3.63, 3.8) is 0 Å². The van der Waals surface area contributed by atoms with E-state index in [9.17, 15) is 4.79 Å². The van der Waals surface area contributed by atoms with Gasteiger partial charge >= 0.3 is 0 Å². The molecule has 2 heterocycles. The molecule has 0 saturated heterocycles. The first-order valence-electron chi connectivity index (χ1n) is 7.22. The Balaban J connectivity index is 1.90. The van der Waals surface area contributed by atoms with Crippen LogP contribution in [0.2, 0.25) is 0 Å². The van der Waals surface area contributed by atoms with Crippen LogP contribution in [0.5, 0.6) is 0 Å². The maximum Gasteiger partial charge on any atom is 0.251 e. The molecule has 1 aromatic heterocycles. The molecule has 104 valence electrons. The molecule has 0 saturated carbocycles. The predicted octanol–water partition coefficient (Wildman–Crippen LogP) is 3.43. The van der Waals surface area contributed by atoms with Crippen LogP contribution in [-0.4, -0.2) is 17.4 Å². The molecule has 0 unspecified atom stereocenters. The van der Waals surface area contributed by atoms with Crippen molar-refractivity contribution >= 4 is 16.8 Å². The number of fused-ring (bicyclic) bond motifs is 2. The molecule has 2 N–H and O–H groups in total. The van der Waals surface area contributed by atoms with Crippen LogP contribution in [0.1, 0.15) is 21.5 Å². The molecule has 0 bridgehead atoms. The van der Waals surface area contributed by atoms with Crippen molar-refractivity contribution in [1.82, 2.24) is 10.3 Å². The summed E-state index contributed by atoms with van der Waals surface area (Å²) in [6.45, 7) is 2.85. The zero-order valence-corrected chi connectivity index (χ0v) is 11.9. The zero-order chi connectivity index (χ0) is 14.4. The molecule has 21 heavy (non-hydrogen) atoms. The van der Waals surface area contributed by atoms with Gasteiger partial charge in [-0.25, -0.2) is 0 Å². The van der Waals surface area contributed by atoms with Gasteiger partial charge in [0.2, 0.25) is 0 Å². The summed E-state index contributed by atoms with van der Waals surface area (Å²) in [5, 5.41) is 4.11. The Labute approximate surface area is 123 Å². The summed E-state index contributed by atoms with van der Waals surface area (Å²) in [7, 11) is 0. The normalized spacial score (nSPS) is 14.0. The third-order valence-corrected chi connectivity index (χ3v) is 4.37. The quantitative estimate of drug-likeness (QED) is 0.702. The van der Waals surface area contributed by atoms with Gasteiger partial charge < -0.3 is 10.3 Å². The highest BCUT2D eigenvalue weighted by atomic mass is 16.1. The number of nitrogens with one attached hydrogen (secondary N) is 2. The lowest BCUT2D eigenvalue weighted by molar-refractivity contribution is 0.0946. The van der Waals surface area contributed by atoms with E-state index in [1.807, 2.05) is 12.3 Å². The molecule has 3 nitrogen and oxygen atoms in total. The topological polar surface area (TPSA) is 44.9 Å². The van der Waals surface area contributed by atoms with Gasteiger partial charge in [-0.3, -0.25) is 4.79 Å². The van der Waals surface area contributed by atoms with Crippen LogP contribution < -0.4 is 5.32 Å². The van der Waals surface area contributed by atoms with E-state index in [4.69, 9.17) is 0 Å². The Morgan fingerprint density at radius 3 is 2.81 bits per heavy atom. The van der Waals surface area contributed by atoms with Crippen LogP contribution in [-0.2, 0) is 6.42 Å². The number of rotatable bonds is 1. The molecule has 0 atom stereocenters. The van der Waals surface area contributed by atoms with Gasteiger partial charge in [0.25, 0.3) is 5.91 Å². The standard InChI is InChI=1S/C18H16N2O/c1-11-14(3-4-16-15(11)7-9-20-18(16)21)12-2-5-17-13(10-12)6-8-19-17/h2-6,8,10,19H,7,9H2,1H3,(H,20,21). The second kappa shape index (κ2) is 4.48. The van der Waals surface area contributed by atoms with E-state index in [1.165, 1.54) is 27.6 Å². The van der Waals surface area contributed by atoms with Gasteiger partial charge in [-0.15, -0.1) is 0 Å². The summed E-state index contributed by atoms with van der Waals surface area (Å²) in [6.07, 6.45) is 2.87. The highest BCUT2D eigenvalue weighted by Gasteiger charge is 2.20. The number of benzene rings is 2. The number of H-pyrrole nitrogens is 1. The Morgan fingerprint density at radius 1 is 1.05 bits per heavy atom. The first-order valence-corrected chi connectivity index (χ1v) is 7.22. The van der Waals surface area contributed by atoms with Gasteiger partial charge in [0.05, 0.1) is 0 Å². The van der Waals surface area contributed by atoms with Gasteiger partial charge in [-0.05, 0) is 65.3 Å². The lowest BCUT2D eigenvalue weighted by Crippen LogP contribution is -2.32. The monoisotopic (exact) mass is 276 g/mol. The summed E-state index contributed by atoms with van der Waals surface area (Å²) in [5.41, 5.74) is 6.79. The smallest absolute Gasteiger partial charge is 0.251 e. The van der Waals surface area contributed by atoms with Crippen LogP contribution in [0.25, 0.3) is 22.0 Å². The van der Waals surface area contributed by atoms with Crippen molar-refractivity contribution in [3.8, 4) is 11.1 Å². The minimum atomic E-state index is 0.0481. The molecule has 2 aromatic carbocycles. The Morgan fingerprint density at radius 2 is 1.90 bits per heavy atom. The molecular formula is C18H16N2O. The second-order valence-corrected chi connectivity index (χ2v) is 5.55. The molecule has 0 aliphatic carbocycles. The van der Waals surface area contributed by atoms with Gasteiger partial charge in [0.1, 0.15) is 0 Å². The van der Waals surface area contributed by atoms with E-state index >= 15 is 0 Å². The van der Waals surface area contributed by atoms with Crippen LogP contribution >= 0.6 is 0 Å². The minimum absolute atomic E-state index is 0.0481. The van der Waals surface area contributed by atoms with Crippen LogP contribution in [0, 0.1) is 6.92 Å². The fourth-order valence-electron chi connectivity index (χ4n) is 3.22. The zero-order valence-electron chi connectivity index (χ0n) is 11.9. The molecule has 1 aliphatic rings. The number of hydrogen-bond donors (Lipinski definition) is 2. The van der Waals surface area contributed by atoms with Gasteiger partial charge in [0, 0.05) is 23.8 Å². The van der Waals surface area contributed by atoms with E-state index in [2.05, 4.69) is 47.6 Å². The Kier molecular flexibility index (Phi) is 2.61. The lowest BCUT2D eigenvalue weighted by Gasteiger charge is -2.20. The van der Waals surface area contributed by atoms with E-state index in [1.54, 1.807) is 0 Å². The van der Waals surface area contributed by atoms with Crippen LogP contribution in [0.3, 0.4) is 0 Å². The first kappa shape index (κ1) is 12.2. The predicted molar refractivity (Wildman–Crippen MR) is 84.5 cm³/mol. The number of carbonyl (C=O) groups is 1. The Bertz CT molecular complexity index is 861. The number of aromatic nitrogens is 1. The first-order chi connectivity index (χ1) is 10.2. The molecule has 4 rings (SSSR count). The van der Waals surface area contributed by atoms with Crippen molar-refractivity contribution in [2.24, 2.45) is 0 Å². The molecule has 3 heteroatoms. The minimum Gasteiger partial charge on any atom is -0.361 e. The number of hydrogen-bond acceptors (Lipinski definition) is 1. The largest absolute Gasteiger partial charge is 0.361 e. The average molecular weight is 276 g/mol. The average Bonchev–Trinajstić information content (AvgIpc) is 2.96. The van der Waals surface area contributed by atoms with Gasteiger partial charge in [-0.1, -0.05) is 12.1 Å². The van der Waals surface area contributed by atoms with E-state index < -0.39 is 0 Å². The lowest BCUT2D eigenvalue weighted by atomic mass is 9.89. The summed E-state index contributed by atoms with van der Waals surface area (Å²) in [5.74, 6) is 0.0481. The summed E-state index contributed by atoms with van der Waals surface area (Å²) >= 11 is 0. The van der Waals surface area contributed by atoms with E-state index in [0.29, 0.717) is 0 Å². The van der Waals surface area contributed by atoms with Crippen LogP contribution in [0.4, 0.5) is 0 Å².